The fourth-order valence-corrected chi connectivity index (χ4v) is 2.43. The second kappa shape index (κ2) is 8.80. The van der Waals surface area contributed by atoms with Gasteiger partial charge in [-0.2, -0.15) is 0 Å². The number of tetrazole rings is 1. The van der Waals surface area contributed by atoms with Crippen LogP contribution in [-0.2, 0) is 24.4 Å². The zero-order valence-corrected chi connectivity index (χ0v) is 14.6. The second-order valence-electron chi connectivity index (χ2n) is 5.73. The molecule has 0 spiro atoms. The van der Waals surface area contributed by atoms with Crippen LogP contribution < -0.4 is 5.32 Å². The molecule has 0 fully saturated rings. The van der Waals surface area contributed by atoms with Crippen molar-refractivity contribution >= 4 is 11.7 Å². The predicted molar refractivity (Wildman–Crippen MR) is 94.3 cm³/mol. The summed E-state index contributed by atoms with van der Waals surface area (Å²) in [6, 6.07) is 10.9. The SMILES string of the molecule is CCCCn1nnnc1COC(=O)c1ccccc1NCc1ccco1. The van der Waals surface area contributed by atoms with Gasteiger partial charge in [0.25, 0.3) is 0 Å². The number of anilines is 1. The Hall–Kier alpha value is -3.16. The summed E-state index contributed by atoms with van der Waals surface area (Å²) in [4.78, 5) is 12.5. The minimum atomic E-state index is -0.433. The Morgan fingerprint density at radius 2 is 2.15 bits per heavy atom. The van der Waals surface area contributed by atoms with Crippen molar-refractivity contribution < 1.29 is 13.9 Å². The Morgan fingerprint density at radius 1 is 1.27 bits per heavy atom. The molecule has 8 heteroatoms. The number of nitrogens with zero attached hydrogens (tertiary/aromatic N) is 4. The number of hydrogen-bond acceptors (Lipinski definition) is 7. The number of carbonyl (C=O) groups is 1. The average Bonchev–Trinajstić information content (AvgIpc) is 3.34. The summed E-state index contributed by atoms with van der Waals surface area (Å²) >= 11 is 0. The van der Waals surface area contributed by atoms with E-state index in [1.165, 1.54) is 0 Å². The lowest BCUT2D eigenvalue weighted by molar-refractivity contribution is 0.0457. The molecule has 0 atom stereocenters. The van der Waals surface area contributed by atoms with Crippen molar-refractivity contribution in [2.24, 2.45) is 0 Å². The smallest absolute Gasteiger partial charge is 0.340 e. The number of aromatic nitrogens is 4. The number of furan rings is 1. The van der Waals surface area contributed by atoms with Crippen molar-refractivity contribution in [3.63, 3.8) is 0 Å². The lowest BCUT2D eigenvalue weighted by Crippen LogP contribution is -2.13. The molecule has 26 heavy (non-hydrogen) atoms. The van der Waals surface area contributed by atoms with Crippen molar-refractivity contribution in [1.29, 1.82) is 0 Å². The third kappa shape index (κ3) is 4.47. The summed E-state index contributed by atoms with van der Waals surface area (Å²) < 4.78 is 12.4. The van der Waals surface area contributed by atoms with Gasteiger partial charge in [-0.3, -0.25) is 0 Å². The topological polar surface area (TPSA) is 95.1 Å². The maximum absolute atomic E-state index is 12.5. The molecule has 8 nitrogen and oxygen atoms in total. The van der Waals surface area contributed by atoms with Crippen LogP contribution in [0, 0.1) is 0 Å². The van der Waals surface area contributed by atoms with Crippen molar-refractivity contribution in [1.82, 2.24) is 20.2 Å². The van der Waals surface area contributed by atoms with Gasteiger partial charge >= 0.3 is 5.97 Å². The van der Waals surface area contributed by atoms with Gasteiger partial charge in [0, 0.05) is 12.2 Å². The molecule has 2 aromatic heterocycles. The molecular weight excluding hydrogens is 334 g/mol. The molecule has 0 unspecified atom stereocenters. The lowest BCUT2D eigenvalue weighted by Gasteiger charge is -2.11. The molecule has 0 bridgehead atoms. The fraction of sp³-hybridized carbons (Fsp3) is 0.333. The number of hydrogen-bond donors (Lipinski definition) is 1. The van der Waals surface area contributed by atoms with Crippen LogP contribution in [0.3, 0.4) is 0 Å². The van der Waals surface area contributed by atoms with E-state index in [-0.39, 0.29) is 6.61 Å². The Morgan fingerprint density at radius 3 is 2.96 bits per heavy atom. The molecule has 0 aliphatic carbocycles. The number of nitrogens with one attached hydrogen (secondary N) is 1. The summed E-state index contributed by atoms with van der Waals surface area (Å²) in [6.45, 7) is 3.31. The average molecular weight is 355 g/mol. The van der Waals surface area contributed by atoms with Gasteiger partial charge in [-0.1, -0.05) is 25.5 Å². The van der Waals surface area contributed by atoms with E-state index in [4.69, 9.17) is 9.15 Å². The third-order valence-electron chi connectivity index (χ3n) is 3.84. The van der Waals surface area contributed by atoms with E-state index in [2.05, 4.69) is 27.8 Å². The lowest BCUT2D eigenvalue weighted by atomic mass is 10.2. The maximum atomic E-state index is 12.5. The van der Waals surface area contributed by atoms with Gasteiger partial charge < -0.3 is 14.5 Å². The number of rotatable bonds is 9. The van der Waals surface area contributed by atoms with Gasteiger partial charge in [0.05, 0.1) is 18.4 Å². The highest BCUT2D eigenvalue weighted by Crippen LogP contribution is 2.18. The number of para-hydroxylation sites is 1. The number of benzene rings is 1. The standard InChI is InChI=1S/C18H21N5O3/c1-2-3-10-23-17(20-21-22-23)13-26-18(24)15-8-4-5-9-16(15)19-12-14-7-6-11-25-14/h4-9,11,19H,2-3,10,12-13H2,1H3. The summed E-state index contributed by atoms with van der Waals surface area (Å²) in [5.74, 6) is 0.883. The second-order valence-corrected chi connectivity index (χ2v) is 5.73. The molecule has 3 rings (SSSR count). The molecular formula is C18H21N5O3. The van der Waals surface area contributed by atoms with Crippen molar-refractivity contribution in [2.75, 3.05) is 5.32 Å². The van der Waals surface area contributed by atoms with Gasteiger partial charge in [0.15, 0.2) is 12.4 Å². The first-order valence-electron chi connectivity index (χ1n) is 8.55. The van der Waals surface area contributed by atoms with Crippen LogP contribution >= 0.6 is 0 Å². The van der Waals surface area contributed by atoms with Crippen LogP contribution in [0.2, 0.25) is 0 Å². The minimum absolute atomic E-state index is 0.0298. The first-order valence-corrected chi connectivity index (χ1v) is 8.55. The van der Waals surface area contributed by atoms with Crippen LogP contribution in [0.4, 0.5) is 5.69 Å². The highest BCUT2D eigenvalue weighted by atomic mass is 16.5. The summed E-state index contributed by atoms with van der Waals surface area (Å²) in [5.41, 5.74) is 1.13. The first kappa shape index (κ1) is 17.7. The van der Waals surface area contributed by atoms with Gasteiger partial charge in [0.2, 0.25) is 0 Å². The Balaban J connectivity index is 1.62. The van der Waals surface area contributed by atoms with Crippen LogP contribution in [-0.4, -0.2) is 26.2 Å². The Bertz CT molecular complexity index is 829. The van der Waals surface area contributed by atoms with E-state index in [0.29, 0.717) is 30.2 Å². The number of esters is 1. The van der Waals surface area contributed by atoms with Crippen molar-refractivity contribution in [3.8, 4) is 0 Å². The fourth-order valence-electron chi connectivity index (χ4n) is 2.43. The van der Waals surface area contributed by atoms with Crippen LogP contribution in [0.1, 0.15) is 41.7 Å². The first-order chi connectivity index (χ1) is 12.8. The monoisotopic (exact) mass is 355 g/mol. The van der Waals surface area contributed by atoms with E-state index in [9.17, 15) is 4.79 Å². The maximum Gasteiger partial charge on any atom is 0.340 e. The quantitative estimate of drug-likeness (QED) is 0.589. The van der Waals surface area contributed by atoms with Crippen molar-refractivity contribution in [3.05, 3.63) is 59.8 Å². The largest absolute Gasteiger partial charge is 0.467 e. The zero-order chi connectivity index (χ0) is 18.2. The van der Waals surface area contributed by atoms with E-state index < -0.39 is 5.97 Å². The van der Waals surface area contributed by atoms with Crippen LogP contribution in [0.25, 0.3) is 0 Å². The Labute approximate surface area is 151 Å². The molecule has 0 saturated carbocycles. The third-order valence-corrected chi connectivity index (χ3v) is 3.84. The van der Waals surface area contributed by atoms with Gasteiger partial charge in [-0.25, -0.2) is 9.48 Å². The summed E-state index contributed by atoms with van der Waals surface area (Å²) in [5, 5.41) is 14.7. The molecule has 1 N–H and O–H groups in total. The highest BCUT2D eigenvalue weighted by molar-refractivity contribution is 5.95. The number of carbonyl (C=O) groups excluding carboxylic acids is 1. The summed E-state index contributed by atoms with van der Waals surface area (Å²) in [6.07, 6.45) is 3.61. The number of aryl methyl sites for hydroxylation is 1. The molecule has 0 saturated heterocycles. The predicted octanol–water partition coefficient (Wildman–Crippen LogP) is 3.04. The van der Waals surface area contributed by atoms with Gasteiger partial charge in [-0.05, 0) is 41.1 Å². The van der Waals surface area contributed by atoms with Crippen molar-refractivity contribution in [2.45, 2.75) is 39.5 Å². The van der Waals surface area contributed by atoms with E-state index in [1.807, 2.05) is 24.3 Å². The molecule has 0 amide bonds. The van der Waals surface area contributed by atoms with E-state index >= 15 is 0 Å². The molecule has 0 aliphatic rings. The normalized spacial score (nSPS) is 10.7. The molecule has 3 aromatic rings. The molecule has 2 heterocycles. The van der Waals surface area contributed by atoms with Crippen LogP contribution in [0.5, 0.6) is 0 Å². The molecule has 1 aromatic carbocycles. The van der Waals surface area contributed by atoms with E-state index in [0.717, 1.165) is 18.6 Å². The zero-order valence-electron chi connectivity index (χ0n) is 14.6. The van der Waals surface area contributed by atoms with E-state index in [1.54, 1.807) is 23.1 Å². The summed E-state index contributed by atoms with van der Waals surface area (Å²) in [7, 11) is 0. The number of unbranched alkanes of at least 4 members (excludes halogenated alkanes) is 1. The number of ether oxygens (including phenoxy) is 1. The molecule has 136 valence electrons. The Kier molecular flexibility index (Phi) is 5.97. The van der Waals surface area contributed by atoms with Crippen LogP contribution in [0.15, 0.2) is 47.1 Å². The molecule has 0 radical (unpaired) electrons. The highest BCUT2D eigenvalue weighted by Gasteiger charge is 2.15. The van der Waals surface area contributed by atoms with Gasteiger partial charge in [0.1, 0.15) is 5.76 Å². The molecule has 0 aliphatic heterocycles. The van der Waals surface area contributed by atoms with Gasteiger partial charge in [-0.15, -0.1) is 5.10 Å². The minimum Gasteiger partial charge on any atom is -0.467 e.